The third-order valence-electron chi connectivity index (χ3n) is 5.34. The number of aryl methyl sites for hydroxylation is 2. The number of pyridine rings is 1. The zero-order chi connectivity index (χ0) is 19.0. The number of hydrogen-bond acceptors (Lipinski definition) is 3. The van der Waals surface area contributed by atoms with E-state index >= 15 is 0 Å². The van der Waals surface area contributed by atoms with Crippen molar-refractivity contribution in [2.45, 2.75) is 25.8 Å². The standard InChI is InChI=1S/C22H22N2O3/c1-23-20(25)10-9-18-17-8-7-15(27-2)13-19(17)22(26)24-12-11-14-5-3-4-6-16(14)21(18)24/h3-8,13H,9-12H2,1-2H3,(H,23,25). The van der Waals surface area contributed by atoms with Crippen LogP contribution in [0.15, 0.2) is 47.3 Å². The molecule has 1 aromatic heterocycles. The van der Waals surface area contributed by atoms with Gasteiger partial charge >= 0.3 is 0 Å². The molecule has 5 nitrogen and oxygen atoms in total. The predicted molar refractivity (Wildman–Crippen MR) is 106 cm³/mol. The van der Waals surface area contributed by atoms with Gasteiger partial charge in [0.15, 0.2) is 0 Å². The lowest BCUT2D eigenvalue weighted by atomic mass is 9.90. The van der Waals surface area contributed by atoms with Crippen LogP contribution in [0, 0.1) is 0 Å². The maximum atomic E-state index is 13.2. The van der Waals surface area contributed by atoms with Gasteiger partial charge in [0.2, 0.25) is 5.91 Å². The highest BCUT2D eigenvalue weighted by atomic mass is 16.5. The van der Waals surface area contributed by atoms with Crippen LogP contribution in [0.5, 0.6) is 5.75 Å². The Morgan fingerprint density at radius 3 is 2.78 bits per heavy atom. The molecule has 0 unspecified atom stereocenters. The van der Waals surface area contributed by atoms with Crippen molar-refractivity contribution in [2.24, 2.45) is 0 Å². The van der Waals surface area contributed by atoms with Gasteiger partial charge in [-0.25, -0.2) is 0 Å². The number of carbonyl (C=O) groups is 1. The van der Waals surface area contributed by atoms with E-state index in [-0.39, 0.29) is 11.5 Å². The maximum Gasteiger partial charge on any atom is 0.259 e. The fourth-order valence-corrected chi connectivity index (χ4v) is 3.97. The molecule has 0 bridgehead atoms. The van der Waals surface area contributed by atoms with Crippen molar-refractivity contribution in [3.05, 3.63) is 63.9 Å². The fourth-order valence-electron chi connectivity index (χ4n) is 3.97. The molecule has 2 heterocycles. The number of aromatic nitrogens is 1. The van der Waals surface area contributed by atoms with Crippen LogP contribution in [0.25, 0.3) is 22.0 Å². The summed E-state index contributed by atoms with van der Waals surface area (Å²) in [4.78, 5) is 25.1. The van der Waals surface area contributed by atoms with Crippen molar-refractivity contribution in [1.82, 2.24) is 9.88 Å². The van der Waals surface area contributed by atoms with Crippen LogP contribution in [-0.4, -0.2) is 24.6 Å². The molecular formula is C22H22N2O3. The molecule has 27 heavy (non-hydrogen) atoms. The van der Waals surface area contributed by atoms with Gasteiger partial charge in [-0.05, 0) is 41.5 Å². The van der Waals surface area contributed by atoms with E-state index in [0.29, 0.717) is 30.5 Å². The molecule has 4 rings (SSSR count). The quantitative estimate of drug-likeness (QED) is 0.776. The van der Waals surface area contributed by atoms with Crippen LogP contribution in [0.2, 0.25) is 0 Å². The summed E-state index contributed by atoms with van der Waals surface area (Å²) in [5.74, 6) is 0.652. The molecule has 0 radical (unpaired) electrons. The highest BCUT2D eigenvalue weighted by Crippen LogP contribution is 2.35. The lowest BCUT2D eigenvalue weighted by molar-refractivity contribution is -0.120. The van der Waals surface area contributed by atoms with E-state index in [2.05, 4.69) is 17.4 Å². The third-order valence-corrected chi connectivity index (χ3v) is 5.34. The summed E-state index contributed by atoms with van der Waals surface area (Å²) in [6, 6.07) is 13.8. The van der Waals surface area contributed by atoms with E-state index in [1.165, 1.54) is 5.56 Å². The normalized spacial score (nSPS) is 12.4. The number of ether oxygens (including phenoxy) is 1. The van der Waals surface area contributed by atoms with Gasteiger partial charge < -0.3 is 14.6 Å². The van der Waals surface area contributed by atoms with Gasteiger partial charge in [0.1, 0.15) is 5.75 Å². The molecule has 0 fully saturated rings. The minimum absolute atomic E-state index is 0.00269. The Morgan fingerprint density at radius 2 is 2.00 bits per heavy atom. The monoisotopic (exact) mass is 362 g/mol. The molecule has 0 saturated heterocycles. The summed E-state index contributed by atoms with van der Waals surface area (Å²) >= 11 is 0. The molecule has 1 N–H and O–H groups in total. The van der Waals surface area contributed by atoms with Crippen molar-refractivity contribution >= 4 is 16.7 Å². The SMILES string of the molecule is CNC(=O)CCc1c2n(c(=O)c3cc(OC)ccc13)CCc1ccccc1-2. The van der Waals surface area contributed by atoms with Crippen LogP contribution in [0.4, 0.5) is 0 Å². The second-order valence-electron chi connectivity index (χ2n) is 6.78. The molecule has 0 atom stereocenters. The first-order valence-corrected chi connectivity index (χ1v) is 9.16. The van der Waals surface area contributed by atoms with E-state index in [1.54, 1.807) is 20.2 Å². The summed E-state index contributed by atoms with van der Waals surface area (Å²) in [6.07, 6.45) is 1.78. The molecule has 0 spiro atoms. The zero-order valence-electron chi connectivity index (χ0n) is 15.5. The Balaban J connectivity index is 2.03. The van der Waals surface area contributed by atoms with Crippen molar-refractivity contribution in [3.63, 3.8) is 0 Å². The zero-order valence-corrected chi connectivity index (χ0v) is 15.5. The Hall–Kier alpha value is -3.08. The van der Waals surface area contributed by atoms with Crippen molar-refractivity contribution in [1.29, 1.82) is 0 Å². The van der Waals surface area contributed by atoms with Gasteiger partial charge in [0, 0.05) is 25.6 Å². The maximum absolute atomic E-state index is 13.2. The number of nitrogens with one attached hydrogen (secondary N) is 1. The van der Waals surface area contributed by atoms with Gasteiger partial charge in [0.25, 0.3) is 5.56 Å². The highest BCUT2D eigenvalue weighted by molar-refractivity contribution is 5.92. The minimum Gasteiger partial charge on any atom is -0.497 e. The molecule has 1 aliphatic heterocycles. The summed E-state index contributed by atoms with van der Waals surface area (Å²) < 4.78 is 7.19. The van der Waals surface area contributed by atoms with E-state index in [9.17, 15) is 9.59 Å². The van der Waals surface area contributed by atoms with Crippen molar-refractivity contribution < 1.29 is 9.53 Å². The van der Waals surface area contributed by atoms with Crippen LogP contribution < -0.4 is 15.6 Å². The summed E-state index contributed by atoms with van der Waals surface area (Å²) in [6.45, 7) is 0.644. The lowest BCUT2D eigenvalue weighted by Gasteiger charge is -2.26. The first-order valence-electron chi connectivity index (χ1n) is 9.16. The van der Waals surface area contributed by atoms with E-state index in [4.69, 9.17) is 4.74 Å². The van der Waals surface area contributed by atoms with Crippen molar-refractivity contribution in [3.8, 4) is 17.0 Å². The number of benzene rings is 2. The second-order valence-corrected chi connectivity index (χ2v) is 6.78. The molecule has 138 valence electrons. The van der Waals surface area contributed by atoms with Gasteiger partial charge in [-0.15, -0.1) is 0 Å². The number of fused-ring (bicyclic) bond motifs is 4. The minimum atomic E-state index is -0.00861. The lowest BCUT2D eigenvalue weighted by Crippen LogP contribution is -2.28. The molecule has 5 heteroatoms. The van der Waals surface area contributed by atoms with E-state index in [0.717, 1.165) is 28.6 Å². The van der Waals surface area contributed by atoms with E-state index < -0.39 is 0 Å². The van der Waals surface area contributed by atoms with Crippen LogP contribution in [0.3, 0.4) is 0 Å². The first-order chi connectivity index (χ1) is 13.1. The third kappa shape index (κ3) is 2.89. The second kappa shape index (κ2) is 6.91. The van der Waals surface area contributed by atoms with E-state index in [1.807, 2.05) is 28.8 Å². The van der Waals surface area contributed by atoms with Crippen LogP contribution >= 0.6 is 0 Å². The predicted octanol–water partition coefficient (Wildman–Crippen LogP) is 2.91. The summed E-state index contributed by atoms with van der Waals surface area (Å²) in [5.41, 5.74) is 4.32. The van der Waals surface area contributed by atoms with Gasteiger partial charge in [-0.1, -0.05) is 30.3 Å². The Kier molecular flexibility index (Phi) is 4.44. The number of rotatable bonds is 4. The molecule has 0 aliphatic carbocycles. The fraction of sp³-hybridized carbons (Fsp3) is 0.273. The van der Waals surface area contributed by atoms with Crippen LogP contribution in [0.1, 0.15) is 17.5 Å². The first kappa shape index (κ1) is 17.3. The summed E-state index contributed by atoms with van der Waals surface area (Å²) in [7, 11) is 3.24. The number of hydrogen-bond donors (Lipinski definition) is 1. The Morgan fingerprint density at radius 1 is 1.19 bits per heavy atom. The molecule has 2 aromatic carbocycles. The van der Waals surface area contributed by atoms with Gasteiger partial charge in [-0.3, -0.25) is 9.59 Å². The van der Waals surface area contributed by atoms with Gasteiger partial charge in [-0.2, -0.15) is 0 Å². The molecule has 1 amide bonds. The molecule has 0 saturated carbocycles. The number of nitrogens with zero attached hydrogens (tertiary/aromatic N) is 1. The molecular weight excluding hydrogens is 340 g/mol. The number of amides is 1. The molecule has 3 aromatic rings. The number of methoxy groups -OCH3 is 1. The van der Waals surface area contributed by atoms with Crippen LogP contribution in [-0.2, 0) is 24.2 Å². The smallest absolute Gasteiger partial charge is 0.259 e. The van der Waals surface area contributed by atoms with Gasteiger partial charge in [0.05, 0.1) is 18.2 Å². The summed E-state index contributed by atoms with van der Waals surface area (Å²) in [5, 5.41) is 4.22. The Labute approximate surface area is 157 Å². The largest absolute Gasteiger partial charge is 0.497 e. The number of carbonyl (C=O) groups excluding carboxylic acids is 1. The highest BCUT2D eigenvalue weighted by Gasteiger charge is 2.23. The topological polar surface area (TPSA) is 60.3 Å². The average Bonchev–Trinajstić information content (AvgIpc) is 2.72. The molecule has 1 aliphatic rings. The Bertz CT molecular complexity index is 1100. The average molecular weight is 362 g/mol. The van der Waals surface area contributed by atoms with Crippen molar-refractivity contribution in [2.75, 3.05) is 14.2 Å².